The van der Waals surface area contributed by atoms with Crippen LogP contribution in [0.3, 0.4) is 0 Å². The van der Waals surface area contributed by atoms with Crippen LogP contribution >= 0.6 is 0 Å². The van der Waals surface area contributed by atoms with Crippen molar-refractivity contribution >= 4 is 16.9 Å². The molecule has 0 aliphatic heterocycles. The molecule has 27 heavy (non-hydrogen) atoms. The molecule has 4 rings (SSSR count). The number of phenolic OH excluding ortho intramolecular Hbond substituents is 1. The number of aromatic hydroxyl groups is 1. The number of nitrogens with zero attached hydrogens (tertiary/aromatic N) is 4. The van der Waals surface area contributed by atoms with E-state index >= 15 is 0 Å². The van der Waals surface area contributed by atoms with Gasteiger partial charge in [0, 0.05) is 5.39 Å². The molecule has 8 nitrogen and oxygen atoms in total. The van der Waals surface area contributed by atoms with Crippen LogP contribution in [0.15, 0.2) is 60.8 Å². The van der Waals surface area contributed by atoms with Crippen molar-refractivity contribution in [2.75, 3.05) is 6.61 Å². The summed E-state index contributed by atoms with van der Waals surface area (Å²) in [6, 6.07) is 15.5. The molecule has 0 radical (unpaired) electrons. The number of carboxylic acids is 1. The summed E-state index contributed by atoms with van der Waals surface area (Å²) < 4.78 is 6.78. The van der Waals surface area contributed by atoms with Crippen LogP contribution in [0, 0.1) is 0 Å². The van der Waals surface area contributed by atoms with Crippen molar-refractivity contribution in [2.45, 2.75) is 0 Å². The molecule has 0 aliphatic rings. The van der Waals surface area contributed by atoms with Crippen LogP contribution in [0.1, 0.15) is 0 Å². The summed E-state index contributed by atoms with van der Waals surface area (Å²) in [4.78, 5) is 15.2. The Balaban J connectivity index is 1.61. The number of ether oxygens (including phenoxy) is 1. The van der Waals surface area contributed by atoms with Gasteiger partial charge in [0.25, 0.3) is 0 Å². The molecular formula is C19H14N4O4. The fourth-order valence-corrected chi connectivity index (χ4v) is 2.59. The topological polar surface area (TPSA) is 110 Å². The van der Waals surface area contributed by atoms with Gasteiger partial charge in [-0.2, -0.15) is 0 Å². The molecule has 2 aromatic heterocycles. The number of carbonyl (C=O) groups is 1. The van der Waals surface area contributed by atoms with Gasteiger partial charge in [-0.15, -0.1) is 5.10 Å². The first-order valence-electron chi connectivity index (χ1n) is 8.06. The van der Waals surface area contributed by atoms with Gasteiger partial charge >= 0.3 is 5.97 Å². The monoisotopic (exact) mass is 362 g/mol. The number of aromatic nitrogens is 4. The maximum Gasteiger partial charge on any atom is 0.341 e. The maximum atomic E-state index is 10.6. The molecule has 0 saturated carbocycles. The van der Waals surface area contributed by atoms with Crippen molar-refractivity contribution < 1.29 is 19.7 Å². The van der Waals surface area contributed by atoms with Crippen LogP contribution in [-0.4, -0.2) is 42.8 Å². The molecular weight excluding hydrogens is 348 g/mol. The SMILES string of the molecule is O=C(O)COc1ccc2nc(-c3cn(-c4ccc(O)cc4)nn3)ccc2c1. The minimum atomic E-state index is -1.03. The number of fused-ring (bicyclic) bond motifs is 1. The van der Waals surface area contributed by atoms with Gasteiger partial charge in [0.1, 0.15) is 17.2 Å². The Morgan fingerprint density at radius 3 is 2.63 bits per heavy atom. The standard InChI is InChI=1S/C19H14N4O4/c24-14-4-2-13(3-5-14)23-10-18(21-22-23)17-7-1-12-9-15(27-11-19(25)26)6-8-16(12)20-17/h1-10,24H,11H2,(H,25,26). The highest BCUT2D eigenvalue weighted by molar-refractivity contribution is 5.82. The van der Waals surface area contributed by atoms with E-state index in [1.807, 2.05) is 12.1 Å². The molecule has 2 aromatic carbocycles. The average molecular weight is 362 g/mol. The minimum absolute atomic E-state index is 0.182. The fraction of sp³-hybridized carbons (Fsp3) is 0.0526. The van der Waals surface area contributed by atoms with E-state index in [9.17, 15) is 9.90 Å². The largest absolute Gasteiger partial charge is 0.508 e. The van der Waals surface area contributed by atoms with E-state index in [1.54, 1.807) is 53.3 Å². The molecule has 4 aromatic rings. The third-order valence-electron chi connectivity index (χ3n) is 3.89. The van der Waals surface area contributed by atoms with Crippen LogP contribution in [0.4, 0.5) is 0 Å². The summed E-state index contributed by atoms with van der Waals surface area (Å²) in [5.74, 6) is -0.375. The van der Waals surface area contributed by atoms with Crippen molar-refractivity contribution in [3.8, 4) is 28.6 Å². The number of hydrogen-bond donors (Lipinski definition) is 2. The number of phenols is 1. The lowest BCUT2D eigenvalue weighted by atomic mass is 10.2. The second-order valence-electron chi connectivity index (χ2n) is 5.80. The molecule has 0 fully saturated rings. The third-order valence-corrected chi connectivity index (χ3v) is 3.89. The number of carboxylic acid groups (broad SMARTS) is 1. The first kappa shape index (κ1) is 16.5. The lowest BCUT2D eigenvalue weighted by Crippen LogP contribution is -2.09. The van der Waals surface area contributed by atoms with E-state index in [-0.39, 0.29) is 5.75 Å². The van der Waals surface area contributed by atoms with Crippen molar-refractivity contribution in [1.82, 2.24) is 20.0 Å². The number of benzene rings is 2. The molecule has 0 spiro atoms. The zero-order valence-electron chi connectivity index (χ0n) is 14.0. The number of hydrogen-bond acceptors (Lipinski definition) is 6. The van der Waals surface area contributed by atoms with E-state index in [0.717, 1.165) is 16.6 Å². The highest BCUT2D eigenvalue weighted by Gasteiger charge is 2.09. The zero-order chi connectivity index (χ0) is 18.8. The summed E-state index contributed by atoms with van der Waals surface area (Å²) >= 11 is 0. The maximum absolute atomic E-state index is 10.6. The molecule has 134 valence electrons. The van der Waals surface area contributed by atoms with E-state index in [4.69, 9.17) is 9.84 Å². The Kier molecular flexibility index (Phi) is 4.13. The lowest BCUT2D eigenvalue weighted by Gasteiger charge is -2.05. The predicted molar refractivity (Wildman–Crippen MR) is 96.9 cm³/mol. The normalized spacial score (nSPS) is 10.8. The van der Waals surface area contributed by atoms with E-state index in [2.05, 4.69) is 15.3 Å². The molecule has 2 heterocycles. The van der Waals surface area contributed by atoms with Gasteiger partial charge < -0.3 is 14.9 Å². The Bertz CT molecular complexity index is 1120. The van der Waals surface area contributed by atoms with Gasteiger partial charge in [0.05, 0.1) is 23.1 Å². The first-order chi connectivity index (χ1) is 13.1. The van der Waals surface area contributed by atoms with Gasteiger partial charge in [0.15, 0.2) is 6.61 Å². The predicted octanol–water partition coefficient (Wildman–Crippen LogP) is 2.65. The lowest BCUT2D eigenvalue weighted by molar-refractivity contribution is -0.139. The number of rotatable bonds is 5. The van der Waals surface area contributed by atoms with Crippen LogP contribution in [0.5, 0.6) is 11.5 Å². The third kappa shape index (κ3) is 3.54. The van der Waals surface area contributed by atoms with Crippen molar-refractivity contribution in [2.24, 2.45) is 0 Å². The zero-order valence-corrected chi connectivity index (χ0v) is 14.0. The summed E-state index contributed by atoms with van der Waals surface area (Å²) in [7, 11) is 0. The second-order valence-corrected chi connectivity index (χ2v) is 5.80. The quantitative estimate of drug-likeness (QED) is 0.561. The van der Waals surface area contributed by atoms with Gasteiger partial charge in [-0.25, -0.2) is 14.5 Å². The summed E-state index contributed by atoms with van der Waals surface area (Å²) in [5, 5.41) is 27.1. The summed E-state index contributed by atoms with van der Waals surface area (Å²) in [5.41, 5.74) is 2.77. The first-order valence-corrected chi connectivity index (χ1v) is 8.06. The van der Waals surface area contributed by atoms with Crippen molar-refractivity contribution in [3.05, 3.63) is 60.8 Å². The minimum Gasteiger partial charge on any atom is -0.508 e. The summed E-state index contributed by atoms with van der Waals surface area (Å²) in [6.45, 7) is -0.391. The van der Waals surface area contributed by atoms with Gasteiger partial charge in [-0.3, -0.25) is 0 Å². The van der Waals surface area contributed by atoms with Gasteiger partial charge in [-0.1, -0.05) is 11.3 Å². The van der Waals surface area contributed by atoms with Crippen molar-refractivity contribution in [1.29, 1.82) is 0 Å². The number of pyridine rings is 1. The van der Waals surface area contributed by atoms with E-state index < -0.39 is 12.6 Å². The second kappa shape index (κ2) is 6.75. The van der Waals surface area contributed by atoms with E-state index in [1.165, 1.54) is 0 Å². The Morgan fingerprint density at radius 2 is 1.85 bits per heavy atom. The highest BCUT2D eigenvalue weighted by Crippen LogP contribution is 2.24. The molecule has 0 bridgehead atoms. The Hall–Kier alpha value is -3.94. The molecule has 0 unspecified atom stereocenters. The van der Waals surface area contributed by atoms with E-state index in [0.29, 0.717) is 17.1 Å². The number of aliphatic carboxylic acids is 1. The Morgan fingerprint density at radius 1 is 1.04 bits per heavy atom. The smallest absolute Gasteiger partial charge is 0.341 e. The van der Waals surface area contributed by atoms with Crippen LogP contribution in [0.2, 0.25) is 0 Å². The fourth-order valence-electron chi connectivity index (χ4n) is 2.59. The van der Waals surface area contributed by atoms with Crippen molar-refractivity contribution in [3.63, 3.8) is 0 Å². The molecule has 0 atom stereocenters. The molecule has 0 aliphatic carbocycles. The van der Waals surface area contributed by atoms with Crippen LogP contribution < -0.4 is 4.74 Å². The van der Waals surface area contributed by atoms with Crippen LogP contribution in [0.25, 0.3) is 28.0 Å². The summed E-state index contributed by atoms with van der Waals surface area (Å²) in [6.07, 6.45) is 1.75. The van der Waals surface area contributed by atoms with Gasteiger partial charge in [0.2, 0.25) is 0 Å². The molecule has 0 saturated heterocycles. The van der Waals surface area contributed by atoms with Crippen LogP contribution in [-0.2, 0) is 4.79 Å². The Labute approximate surface area is 153 Å². The average Bonchev–Trinajstić information content (AvgIpc) is 3.16. The molecule has 2 N–H and O–H groups in total. The molecule has 0 amide bonds. The van der Waals surface area contributed by atoms with Gasteiger partial charge in [-0.05, 0) is 48.5 Å². The highest BCUT2D eigenvalue weighted by atomic mass is 16.5. The molecule has 8 heteroatoms.